The Morgan fingerprint density at radius 3 is 2.60 bits per heavy atom. The minimum Gasteiger partial charge on any atom is -0.354 e. The van der Waals surface area contributed by atoms with Crippen LogP contribution in [0.5, 0.6) is 0 Å². The summed E-state index contributed by atoms with van der Waals surface area (Å²) in [6.07, 6.45) is 1.58. The normalized spacial score (nSPS) is 17.5. The fourth-order valence-electron chi connectivity index (χ4n) is 2.89. The fourth-order valence-corrected chi connectivity index (χ4v) is 4.49. The van der Waals surface area contributed by atoms with Gasteiger partial charge in [-0.2, -0.15) is 0 Å². The van der Waals surface area contributed by atoms with Crippen molar-refractivity contribution in [2.24, 2.45) is 4.99 Å². The van der Waals surface area contributed by atoms with Crippen LogP contribution in [-0.4, -0.2) is 50.6 Å². The third-order valence-corrected chi connectivity index (χ3v) is 6.90. The van der Waals surface area contributed by atoms with Crippen molar-refractivity contribution in [3.8, 4) is 0 Å². The number of hydrogen-bond acceptors (Lipinski definition) is 3. The van der Waals surface area contributed by atoms with Gasteiger partial charge in [-0.05, 0) is 49.9 Å². The molecule has 0 aromatic heterocycles. The molecule has 0 radical (unpaired) electrons. The summed E-state index contributed by atoms with van der Waals surface area (Å²) in [6.45, 7) is 5.60. The monoisotopic (exact) mass is 430 g/mol. The minimum absolute atomic E-state index is 0.168. The second-order valence-electron chi connectivity index (χ2n) is 6.21. The van der Waals surface area contributed by atoms with E-state index in [1.165, 1.54) is 11.1 Å². The zero-order chi connectivity index (χ0) is 18.4. The number of piperidine rings is 1. The summed E-state index contributed by atoms with van der Waals surface area (Å²) >= 11 is 3.48. The lowest BCUT2D eigenvalue weighted by atomic mass is 10.1. The molecule has 140 valence electrons. The van der Waals surface area contributed by atoms with Gasteiger partial charge in [0.15, 0.2) is 5.96 Å². The molecule has 1 aliphatic heterocycles. The lowest BCUT2D eigenvalue weighted by molar-refractivity contribution is 0.306. The minimum atomic E-state index is -3.08. The van der Waals surface area contributed by atoms with Crippen molar-refractivity contribution in [2.75, 3.05) is 25.9 Å². The van der Waals surface area contributed by atoms with Crippen molar-refractivity contribution in [1.29, 1.82) is 0 Å². The SMILES string of the molecule is CCS(=O)(=O)N1CCC(NC(=NC)NCc2ccc(Br)cc2C)CC1. The Morgan fingerprint density at radius 1 is 1.36 bits per heavy atom. The number of sulfonamides is 1. The molecule has 0 spiro atoms. The van der Waals surface area contributed by atoms with Gasteiger partial charge in [0.25, 0.3) is 0 Å². The van der Waals surface area contributed by atoms with Crippen LogP contribution in [0.2, 0.25) is 0 Å². The van der Waals surface area contributed by atoms with Crippen molar-refractivity contribution in [3.63, 3.8) is 0 Å². The molecule has 1 aromatic rings. The number of halogens is 1. The van der Waals surface area contributed by atoms with Crippen LogP contribution in [0.25, 0.3) is 0 Å². The van der Waals surface area contributed by atoms with E-state index in [2.05, 4.69) is 50.6 Å². The number of hydrogen-bond donors (Lipinski definition) is 2. The van der Waals surface area contributed by atoms with Gasteiger partial charge in [0, 0.05) is 37.2 Å². The van der Waals surface area contributed by atoms with Gasteiger partial charge in [0.1, 0.15) is 0 Å². The van der Waals surface area contributed by atoms with Gasteiger partial charge >= 0.3 is 0 Å². The first-order chi connectivity index (χ1) is 11.9. The average molecular weight is 431 g/mol. The molecule has 0 amide bonds. The van der Waals surface area contributed by atoms with E-state index in [-0.39, 0.29) is 11.8 Å². The second kappa shape index (κ2) is 9.00. The molecule has 0 bridgehead atoms. The molecule has 0 aliphatic carbocycles. The zero-order valence-corrected chi connectivity index (χ0v) is 17.5. The van der Waals surface area contributed by atoms with Crippen molar-refractivity contribution in [3.05, 3.63) is 33.8 Å². The summed E-state index contributed by atoms with van der Waals surface area (Å²) in [5.74, 6) is 0.917. The Bertz CT molecular complexity index is 713. The molecule has 0 unspecified atom stereocenters. The van der Waals surface area contributed by atoms with E-state index >= 15 is 0 Å². The quantitative estimate of drug-likeness (QED) is 0.554. The van der Waals surface area contributed by atoms with Crippen molar-refractivity contribution in [2.45, 2.75) is 39.3 Å². The van der Waals surface area contributed by atoms with Crippen molar-refractivity contribution >= 4 is 31.9 Å². The van der Waals surface area contributed by atoms with Crippen molar-refractivity contribution < 1.29 is 8.42 Å². The van der Waals surface area contributed by atoms with E-state index in [9.17, 15) is 8.42 Å². The maximum Gasteiger partial charge on any atom is 0.213 e. The number of aliphatic imine (C=N–C) groups is 1. The smallest absolute Gasteiger partial charge is 0.213 e. The predicted octanol–water partition coefficient (Wildman–Crippen LogP) is 2.24. The van der Waals surface area contributed by atoms with Gasteiger partial charge in [0.2, 0.25) is 10.0 Å². The zero-order valence-electron chi connectivity index (χ0n) is 15.0. The number of benzene rings is 1. The molecule has 1 aromatic carbocycles. The van der Waals surface area contributed by atoms with E-state index in [1.807, 2.05) is 6.07 Å². The van der Waals surface area contributed by atoms with Crippen LogP contribution >= 0.6 is 15.9 Å². The molecular weight excluding hydrogens is 404 g/mol. The third-order valence-electron chi connectivity index (χ3n) is 4.53. The van der Waals surface area contributed by atoms with Gasteiger partial charge < -0.3 is 10.6 Å². The summed E-state index contributed by atoms with van der Waals surface area (Å²) in [5, 5.41) is 6.74. The molecule has 2 N–H and O–H groups in total. The molecule has 8 heteroatoms. The maximum absolute atomic E-state index is 11.9. The molecular formula is C17H27BrN4O2S. The van der Waals surface area contributed by atoms with Gasteiger partial charge in [-0.15, -0.1) is 0 Å². The first-order valence-electron chi connectivity index (χ1n) is 8.55. The van der Waals surface area contributed by atoms with Gasteiger partial charge in [-0.25, -0.2) is 12.7 Å². The predicted molar refractivity (Wildman–Crippen MR) is 106 cm³/mol. The molecule has 2 rings (SSSR count). The van der Waals surface area contributed by atoms with E-state index in [4.69, 9.17) is 0 Å². The van der Waals surface area contributed by atoms with E-state index in [0.29, 0.717) is 19.6 Å². The Labute approximate surface area is 159 Å². The summed E-state index contributed by atoms with van der Waals surface area (Å²) in [4.78, 5) is 4.28. The largest absolute Gasteiger partial charge is 0.354 e. The van der Waals surface area contributed by atoms with E-state index < -0.39 is 10.0 Å². The second-order valence-corrected chi connectivity index (χ2v) is 9.39. The number of aryl methyl sites for hydroxylation is 1. The molecule has 6 nitrogen and oxygen atoms in total. The molecule has 1 saturated heterocycles. The van der Waals surface area contributed by atoms with Crippen LogP contribution in [0.4, 0.5) is 0 Å². The molecule has 1 fully saturated rings. The fraction of sp³-hybridized carbons (Fsp3) is 0.588. The Balaban J connectivity index is 1.85. The number of nitrogens with one attached hydrogen (secondary N) is 2. The first kappa shape index (κ1) is 20.2. The summed E-state index contributed by atoms with van der Waals surface area (Å²) in [6, 6.07) is 6.45. The first-order valence-corrected chi connectivity index (χ1v) is 11.0. The highest BCUT2D eigenvalue weighted by atomic mass is 79.9. The highest BCUT2D eigenvalue weighted by Crippen LogP contribution is 2.16. The van der Waals surface area contributed by atoms with Crippen LogP contribution in [-0.2, 0) is 16.6 Å². The maximum atomic E-state index is 11.9. The number of nitrogens with zero attached hydrogens (tertiary/aromatic N) is 2. The Morgan fingerprint density at radius 2 is 2.04 bits per heavy atom. The molecule has 0 saturated carbocycles. The lowest BCUT2D eigenvalue weighted by Gasteiger charge is -2.32. The number of rotatable bonds is 5. The van der Waals surface area contributed by atoms with Crippen LogP contribution in [0.15, 0.2) is 27.7 Å². The Hall–Kier alpha value is -1.12. The average Bonchev–Trinajstić information content (AvgIpc) is 2.60. The topological polar surface area (TPSA) is 73.8 Å². The van der Waals surface area contributed by atoms with Crippen LogP contribution in [0.3, 0.4) is 0 Å². The summed E-state index contributed by atoms with van der Waals surface area (Å²) in [7, 11) is -1.33. The van der Waals surface area contributed by atoms with E-state index in [1.54, 1.807) is 18.3 Å². The Kier molecular flexibility index (Phi) is 7.27. The molecule has 1 heterocycles. The van der Waals surface area contributed by atoms with Gasteiger partial charge in [-0.1, -0.05) is 22.0 Å². The highest BCUT2D eigenvalue weighted by Gasteiger charge is 2.26. The van der Waals surface area contributed by atoms with Gasteiger partial charge in [0.05, 0.1) is 5.75 Å². The van der Waals surface area contributed by atoms with Crippen LogP contribution in [0.1, 0.15) is 30.9 Å². The van der Waals surface area contributed by atoms with E-state index in [0.717, 1.165) is 23.3 Å². The van der Waals surface area contributed by atoms with Crippen LogP contribution < -0.4 is 10.6 Å². The van der Waals surface area contributed by atoms with Crippen LogP contribution in [0, 0.1) is 6.92 Å². The molecule has 0 atom stereocenters. The number of guanidine groups is 1. The lowest BCUT2D eigenvalue weighted by Crippen LogP contribution is -2.49. The molecule has 25 heavy (non-hydrogen) atoms. The van der Waals surface area contributed by atoms with Crippen molar-refractivity contribution in [1.82, 2.24) is 14.9 Å². The van der Waals surface area contributed by atoms with Gasteiger partial charge in [-0.3, -0.25) is 4.99 Å². The summed E-state index contributed by atoms with van der Waals surface area (Å²) in [5.41, 5.74) is 2.44. The third kappa shape index (κ3) is 5.69. The molecule has 1 aliphatic rings. The standard InChI is InChI=1S/C17H27BrN4O2S/c1-4-25(23,24)22-9-7-16(8-10-22)21-17(19-3)20-12-14-5-6-15(18)11-13(14)2/h5-6,11,16H,4,7-10,12H2,1-3H3,(H2,19,20,21). The summed E-state index contributed by atoms with van der Waals surface area (Å²) < 4.78 is 26.5. The highest BCUT2D eigenvalue weighted by molar-refractivity contribution is 9.10.